The molecule has 128 valence electrons. The Bertz CT molecular complexity index is 934. The Kier molecular flexibility index (Phi) is 4.13. The van der Waals surface area contributed by atoms with Crippen LogP contribution in [-0.4, -0.2) is 23.0 Å². The van der Waals surface area contributed by atoms with Crippen LogP contribution < -0.4 is 5.32 Å². The van der Waals surface area contributed by atoms with Crippen molar-refractivity contribution in [2.24, 2.45) is 5.92 Å². The second-order valence-corrected chi connectivity index (χ2v) is 7.53. The monoisotopic (exact) mass is 353 g/mol. The number of carbonyl (C=O) groups excluding carboxylic acids is 1. The van der Waals surface area contributed by atoms with Gasteiger partial charge in [0.25, 0.3) is 0 Å². The van der Waals surface area contributed by atoms with Crippen LogP contribution in [0, 0.1) is 5.92 Å². The van der Waals surface area contributed by atoms with E-state index in [1.54, 1.807) is 29.8 Å². The Morgan fingerprint density at radius 3 is 2.84 bits per heavy atom. The van der Waals surface area contributed by atoms with Gasteiger partial charge in [-0.1, -0.05) is 6.92 Å². The van der Waals surface area contributed by atoms with Crippen LogP contribution in [0.1, 0.15) is 34.1 Å². The molecule has 2 heterocycles. The number of fused-ring (bicyclic) bond motifs is 3. The summed E-state index contributed by atoms with van der Waals surface area (Å²) in [5, 5.41) is 4.53. The summed E-state index contributed by atoms with van der Waals surface area (Å²) >= 11 is 1.79. The van der Waals surface area contributed by atoms with Crippen LogP contribution in [0.2, 0.25) is 0 Å². The quantitative estimate of drug-likeness (QED) is 0.709. The molecule has 5 nitrogen and oxygen atoms in total. The van der Waals surface area contributed by atoms with Crippen LogP contribution in [0.25, 0.3) is 10.2 Å². The van der Waals surface area contributed by atoms with Crippen molar-refractivity contribution in [3.8, 4) is 0 Å². The maximum Gasteiger partial charge on any atom is 0.337 e. The highest BCUT2D eigenvalue weighted by Gasteiger charge is 2.23. The maximum atomic E-state index is 11.5. The molecule has 1 aliphatic carbocycles. The van der Waals surface area contributed by atoms with Gasteiger partial charge in [0.2, 0.25) is 0 Å². The maximum absolute atomic E-state index is 11.5. The first kappa shape index (κ1) is 16.0. The molecule has 0 fully saturated rings. The highest BCUT2D eigenvalue weighted by atomic mass is 32.1. The summed E-state index contributed by atoms with van der Waals surface area (Å²) in [5.74, 6) is 1.23. The molecule has 0 aliphatic heterocycles. The van der Waals surface area contributed by atoms with Gasteiger partial charge in [-0.25, -0.2) is 14.8 Å². The molecule has 1 aromatic carbocycles. The number of rotatable bonds is 3. The lowest BCUT2D eigenvalue weighted by atomic mass is 9.89. The molecule has 1 N–H and O–H groups in total. The number of nitrogens with zero attached hydrogens (tertiary/aromatic N) is 2. The third-order valence-corrected chi connectivity index (χ3v) is 5.82. The van der Waals surface area contributed by atoms with Gasteiger partial charge in [-0.3, -0.25) is 0 Å². The second kappa shape index (κ2) is 6.44. The van der Waals surface area contributed by atoms with Gasteiger partial charge < -0.3 is 10.1 Å². The SMILES string of the molecule is COC(=O)c1ccc(Nc2ncnc3sc4c(c23)CC[C@H](C)C4)cc1. The van der Waals surface area contributed by atoms with E-state index in [0.717, 1.165) is 40.5 Å². The van der Waals surface area contributed by atoms with Gasteiger partial charge in [0, 0.05) is 10.6 Å². The van der Waals surface area contributed by atoms with E-state index in [-0.39, 0.29) is 5.97 Å². The smallest absolute Gasteiger partial charge is 0.337 e. The molecule has 0 amide bonds. The number of hydrogen-bond donors (Lipinski definition) is 1. The number of anilines is 2. The Labute approximate surface area is 150 Å². The number of thiophene rings is 1. The molecule has 0 spiro atoms. The van der Waals surface area contributed by atoms with Crippen molar-refractivity contribution in [2.45, 2.75) is 26.2 Å². The number of aryl methyl sites for hydroxylation is 1. The van der Waals surface area contributed by atoms with Crippen LogP contribution in [0.15, 0.2) is 30.6 Å². The summed E-state index contributed by atoms with van der Waals surface area (Å²) in [7, 11) is 1.38. The van der Waals surface area contributed by atoms with Gasteiger partial charge in [-0.15, -0.1) is 11.3 Å². The molecule has 1 atom stereocenters. The highest BCUT2D eigenvalue weighted by Crippen LogP contribution is 2.40. The van der Waals surface area contributed by atoms with Crippen molar-refractivity contribution in [1.29, 1.82) is 0 Å². The summed E-state index contributed by atoms with van der Waals surface area (Å²) in [4.78, 5) is 23.0. The largest absolute Gasteiger partial charge is 0.465 e. The molecule has 4 rings (SSSR count). The average Bonchev–Trinajstić information content (AvgIpc) is 3.00. The van der Waals surface area contributed by atoms with Gasteiger partial charge in [0.15, 0.2) is 0 Å². The molecule has 6 heteroatoms. The van der Waals surface area contributed by atoms with E-state index in [4.69, 9.17) is 4.74 Å². The molecule has 25 heavy (non-hydrogen) atoms. The summed E-state index contributed by atoms with van der Waals surface area (Å²) < 4.78 is 4.73. The van der Waals surface area contributed by atoms with Crippen molar-refractivity contribution in [3.05, 3.63) is 46.6 Å². The molecule has 2 aromatic heterocycles. The van der Waals surface area contributed by atoms with Crippen LogP contribution >= 0.6 is 11.3 Å². The molecular weight excluding hydrogens is 334 g/mol. The van der Waals surface area contributed by atoms with Crippen molar-refractivity contribution >= 4 is 39.0 Å². The fourth-order valence-corrected chi connectivity index (χ4v) is 4.66. The van der Waals surface area contributed by atoms with Crippen molar-refractivity contribution in [1.82, 2.24) is 9.97 Å². The lowest BCUT2D eigenvalue weighted by Crippen LogP contribution is -2.09. The number of methoxy groups -OCH3 is 1. The third kappa shape index (κ3) is 2.98. The van der Waals surface area contributed by atoms with Crippen molar-refractivity contribution < 1.29 is 9.53 Å². The van der Waals surface area contributed by atoms with E-state index in [9.17, 15) is 4.79 Å². The molecule has 0 saturated heterocycles. The Morgan fingerprint density at radius 1 is 1.28 bits per heavy atom. The zero-order chi connectivity index (χ0) is 17.4. The third-order valence-electron chi connectivity index (χ3n) is 4.66. The summed E-state index contributed by atoms with van der Waals surface area (Å²) in [5.41, 5.74) is 2.81. The van der Waals surface area contributed by atoms with E-state index in [1.165, 1.54) is 24.0 Å². The summed E-state index contributed by atoms with van der Waals surface area (Å²) in [6, 6.07) is 7.22. The number of benzene rings is 1. The molecule has 0 saturated carbocycles. The van der Waals surface area contributed by atoms with Crippen molar-refractivity contribution in [3.63, 3.8) is 0 Å². The van der Waals surface area contributed by atoms with Gasteiger partial charge in [0.1, 0.15) is 17.0 Å². The topological polar surface area (TPSA) is 64.1 Å². The second-order valence-electron chi connectivity index (χ2n) is 6.45. The molecule has 0 unspecified atom stereocenters. The van der Waals surface area contributed by atoms with E-state index in [0.29, 0.717) is 5.56 Å². The zero-order valence-electron chi connectivity index (χ0n) is 14.2. The number of nitrogens with one attached hydrogen (secondary N) is 1. The fourth-order valence-electron chi connectivity index (χ4n) is 3.31. The first-order chi connectivity index (χ1) is 12.2. The van der Waals surface area contributed by atoms with Gasteiger partial charge >= 0.3 is 5.97 Å². The van der Waals surface area contributed by atoms with Crippen LogP contribution in [0.5, 0.6) is 0 Å². The van der Waals surface area contributed by atoms with E-state index in [1.807, 2.05) is 12.1 Å². The zero-order valence-corrected chi connectivity index (χ0v) is 15.0. The molecule has 0 radical (unpaired) electrons. The average molecular weight is 353 g/mol. The predicted octanol–water partition coefficient (Wildman–Crippen LogP) is 4.35. The van der Waals surface area contributed by atoms with Gasteiger partial charge in [-0.05, 0) is 55.0 Å². The Morgan fingerprint density at radius 2 is 2.08 bits per heavy atom. The molecular formula is C19H19N3O2S. The minimum Gasteiger partial charge on any atom is -0.465 e. The summed E-state index contributed by atoms with van der Waals surface area (Å²) in [6.07, 6.45) is 5.03. The molecule has 1 aliphatic rings. The van der Waals surface area contributed by atoms with Crippen LogP contribution in [0.4, 0.5) is 11.5 Å². The first-order valence-electron chi connectivity index (χ1n) is 8.36. The van der Waals surface area contributed by atoms with Crippen LogP contribution in [-0.2, 0) is 17.6 Å². The van der Waals surface area contributed by atoms with E-state index in [2.05, 4.69) is 22.2 Å². The van der Waals surface area contributed by atoms with E-state index >= 15 is 0 Å². The molecule has 0 bridgehead atoms. The normalized spacial score (nSPS) is 16.5. The minimum atomic E-state index is -0.336. The minimum absolute atomic E-state index is 0.336. The summed E-state index contributed by atoms with van der Waals surface area (Å²) in [6.45, 7) is 2.31. The Balaban J connectivity index is 1.69. The van der Waals surface area contributed by atoms with Crippen molar-refractivity contribution in [2.75, 3.05) is 12.4 Å². The predicted molar refractivity (Wildman–Crippen MR) is 99.7 cm³/mol. The van der Waals surface area contributed by atoms with Crippen LogP contribution in [0.3, 0.4) is 0 Å². The number of carbonyl (C=O) groups is 1. The number of aromatic nitrogens is 2. The number of ether oxygens (including phenoxy) is 1. The van der Waals surface area contributed by atoms with E-state index < -0.39 is 0 Å². The first-order valence-corrected chi connectivity index (χ1v) is 9.18. The standard InChI is InChI=1S/C19H19N3O2S/c1-11-3-8-14-15(9-11)25-18-16(14)17(20-10-21-18)22-13-6-4-12(5-7-13)19(23)24-2/h4-7,10-11H,3,8-9H2,1-2H3,(H,20,21,22)/t11-/m0/s1. The number of esters is 1. The van der Waals surface area contributed by atoms with Gasteiger partial charge in [-0.2, -0.15) is 0 Å². The Hall–Kier alpha value is -2.47. The lowest BCUT2D eigenvalue weighted by Gasteiger charge is -2.18. The fraction of sp³-hybridized carbons (Fsp3) is 0.316. The molecule has 3 aromatic rings. The highest BCUT2D eigenvalue weighted by molar-refractivity contribution is 7.19. The number of hydrogen-bond acceptors (Lipinski definition) is 6. The lowest BCUT2D eigenvalue weighted by molar-refractivity contribution is 0.0601. The van der Waals surface area contributed by atoms with Gasteiger partial charge in [0.05, 0.1) is 18.1 Å².